The second-order valence-electron chi connectivity index (χ2n) is 2.12. The third kappa shape index (κ3) is 0.727. The molecule has 0 aliphatic rings. The van der Waals surface area contributed by atoms with Crippen LogP contribution in [0.3, 0.4) is 0 Å². The van der Waals surface area contributed by atoms with Crippen LogP contribution >= 0.6 is 12.6 Å². The summed E-state index contributed by atoms with van der Waals surface area (Å²) in [6.45, 7) is 0. The van der Waals surface area contributed by atoms with Gasteiger partial charge in [-0.2, -0.15) is 0 Å². The number of para-hydroxylation sites is 1. The van der Waals surface area contributed by atoms with Crippen molar-refractivity contribution in [2.45, 2.75) is 4.90 Å². The average molecular weight is 150 g/mol. The van der Waals surface area contributed by atoms with E-state index in [9.17, 15) is 0 Å². The highest BCUT2D eigenvalue weighted by Gasteiger charge is 1.98. The van der Waals surface area contributed by atoms with Crippen LogP contribution in [0.1, 0.15) is 0 Å². The Morgan fingerprint density at radius 3 is 2.80 bits per heavy atom. The molecule has 0 amide bonds. The zero-order chi connectivity index (χ0) is 6.97. The van der Waals surface area contributed by atoms with Crippen LogP contribution in [-0.2, 0) is 0 Å². The molecule has 0 saturated heterocycles. The van der Waals surface area contributed by atoms with Crippen molar-refractivity contribution in [3.63, 3.8) is 0 Å². The zero-order valence-electron chi connectivity index (χ0n) is 5.24. The summed E-state index contributed by atoms with van der Waals surface area (Å²) in [5.74, 6) is 0. The highest BCUT2D eigenvalue weighted by molar-refractivity contribution is 7.80. The number of furan rings is 1. The van der Waals surface area contributed by atoms with Crippen molar-refractivity contribution in [1.29, 1.82) is 0 Å². The summed E-state index contributed by atoms with van der Waals surface area (Å²) in [6.07, 6.45) is 1.65. The Balaban J connectivity index is 2.93. The van der Waals surface area contributed by atoms with Gasteiger partial charge in [0.25, 0.3) is 0 Å². The van der Waals surface area contributed by atoms with E-state index in [-0.39, 0.29) is 0 Å². The minimum atomic E-state index is 0.896. The van der Waals surface area contributed by atoms with E-state index in [2.05, 4.69) is 12.6 Å². The molecule has 0 fully saturated rings. The summed E-state index contributed by atoms with van der Waals surface area (Å²) in [4.78, 5) is 0.899. The van der Waals surface area contributed by atoms with Crippen LogP contribution in [0.5, 0.6) is 0 Å². The first-order valence-electron chi connectivity index (χ1n) is 3.03. The SMILES string of the molecule is Sc1coc2ccccc12. The molecule has 0 spiro atoms. The third-order valence-corrected chi connectivity index (χ3v) is 1.81. The number of benzene rings is 1. The van der Waals surface area contributed by atoms with Crippen LogP contribution in [0.25, 0.3) is 11.0 Å². The standard InChI is InChI=1S/C8H6OS/c10-8-5-9-7-4-2-1-3-6(7)8/h1-5,10H. The summed E-state index contributed by atoms with van der Waals surface area (Å²) >= 11 is 4.21. The van der Waals surface area contributed by atoms with Crippen molar-refractivity contribution in [3.8, 4) is 0 Å². The molecule has 0 unspecified atom stereocenters. The Hall–Kier alpha value is -0.890. The van der Waals surface area contributed by atoms with Gasteiger partial charge in [-0.15, -0.1) is 12.6 Å². The lowest BCUT2D eigenvalue weighted by Crippen LogP contribution is -1.60. The molecule has 0 bridgehead atoms. The number of thiol groups is 1. The van der Waals surface area contributed by atoms with Crippen LogP contribution in [0.15, 0.2) is 39.8 Å². The van der Waals surface area contributed by atoms with E-state index in [4.69, 9.17) is 4.42 Å². The van der Waals surface area contributed by atoms with E-state index in [1.54, 1.807) is 6.26 Å². The van der Waals surface area contributed by atoms with Gasteiger partial charge in [0.05, 0.1) is 4.90 Å². The van der Waals surface area contributed by atoms with E-state index in [1.807, 2.05) is 24.3 Å². The van der Waals surface area contributed by atoms with E-state index < -0.39 is 0 Å². The molecule has 2 aromatic rings. The number of fused-ring (bicyclic) bond motifs is 1. The molecule has 0 N–H and O–H groups in total. The van der Waals surface area contributed by atoms with Crippen molar-refractivity contribution in [2.24, 2.45) is 0 Å². The van der Waals surface area contributed by atoms with Crippen molar-refractivity contribution in [2.75, 3.05) is 0 Å². The summed E-state index contributed by atoms with van der Waals surface area (Å²) in [5, 5.41) is 1.07. The van der Waals surface area contributed by atoms with Crippen LogP contribution in [0.2, 0.25) is 0 Å². The summed E-state index contributed by atoms with van der Waals surface area (Å²) < 4.78 is 5.17. The van der Waals surface area contributed by atoms with Crippen LogP contribution in [-0.4, -0.2) is 0 Å². The van der Waals surface area contributed by atoms with Crippen LogP contribution in [0.4, 0.5) is 0 Å². The number of hydrogen-bond acceptors (Lipinski definition) is 2. The van der Waals surface area contributed by atoms with Gasteiger partial charge in [-0.05, 0) is 12.1 Å². The Morgan fingerprint density at radius 1 is 1.20 bits per heavy atom. The van der Waals surface area contributed by atoms with Crippen molar-refractivity contribution in [3.05, 3.63) is 30.5 Å². The minimum Gasteiger partial charge on any atom is -0.463 e. The first-order valence-corrected chi connectivity index (χ1v) is 3.48. The van der Waals surface area contributed by atoms with Gasteiger partial charge < -0.3 is 4.42 Å². The first-order chi connectivity index (χ1) is 4.88. The Morgan fingerprint density at radius 2 is 2.00 bits per heavy atom. The molecular weight excluding hydrogens is 144 g/mol. The van der Waals surface area contributed by atoms with Gasteiger partial charge in [-0.1, -0.05) is 12.1 Å². The molecule has 1 heterocycles. The van der Waals surface area contributed by atoms with Gasteiger partial charge in [0.15, 0.2) is 0 Å². The molecule has 0 saturated carbocycles. The fraction of sp³-hybridized carbons (Fsp3) is 0. The van der Waals surface area contributed by atoms with Gasteiger partial charge in [-0.25, -0.2) is 0 Å². The van der Waals surface area contributed by atoms with Crippen molar-refractivity contribution < 1.29 is 4.42 Å². The normalized spacial score (nSPS) is 10.5. The van der Waals surface area contributed by atoms with Gasteiger partial charge >= 0.3 is 0 Å². The third-order valence-electron chi connectivity index (χ3n) is 1.46. The lowest BCUT2D eigenvalue weighted by atomic mass is 10.3. The molecule has 2 heteroatoms. The second kappa shape index (κ2) is 2.06. The second-order valence-corrected chi connectivity index (χ2v) is 2.60. The van der Waals surface area contributed by atoms with Gasteiger partial charge in [0.2, 0.25) is 0 Å². The molecule has 0 atom stereocenters. The minimum absolute atomic E-state index is 0.896. The average Bonchev–Trinajstić information content (AvgIpc) is 2.34. The molecule has 1 aromatic carbocycles. The maximum Gasteiger partial charge on any atom is 0.135 e. The molecule has 0 aliphatic carbocycles. The molecule has 1 nitrogen and oxygen atoms in total. The van der Waals surface area contributed by atoms with E-state index in [0.717, 1.165) is 15.9 Å². The van der Waals surface area contributed by atoms with Crippen molar-refractivity contribution >= 4 is 23.6 Å². The van der Waals surface area contributed by atoms with E-state index in [0.29, 0.717) is 0 Å². The lowest BCUT2D eigenvalue weighted by Gasteiger charge is -1.84. The highest BCUT2D eigenvalue weighted by atomic mass is 32.1. The molecule has 0 aliphatic heterocycles. The number of hydrogen-bond donors (Lipinski definition) is 1. The maximum atomic E-state index is 5.17. The topological polar surface area (TPSA) is 13.1 Å². The summed E-state index contributed by atoms with van der Waals surface area (Å²) in [5.41, 5.74) is 0.896. The molecule has 0 radical (unpaired) electrons. The predicted octanol–water partition coefficient (Wildman–Crippen LogP) is 2.72. The molecule has 2 rings (SSSR count). The predicted molar refractivity (Wildman–Crippen MR) is 43.5 cm³/mol. The fourth-order valence-corrected chi connectivity index (χ4v) is 1.20. The monoisotopic (exact) mass is 150 g/mol. The maximum absolute atomic E-state index is 5.17. The van der Waals surface area contributed by atoms with Gasteiger partial charge in [0.1, 0.15) is 11.8 Å². The van der Waals surface area contributed by atoms with Crippen LogP contribution < -0.4 is 0 Å². The first kappa shape index (κ1) is 5.86. The smallest absolute Gasteiger partial charge is 0.135 e. The summed E-state index contributed by atoms with van der Waals surface area (Å²) in [7, 11) is 0. The molecule has 1 aromatic heterocycles. The largest absolute Gasteiger partial charge is 0.463 e. The summed E-state index contributed by atoms with van der Waals surface area (Å²) in [6, 6.07) is 7.83. The quantitative estimate of drug-likeness (QED) is 0.570. The van der Waals surface area contributed by atoms with Gasteiger partial charge in [0, 0.05) is 5.39 Å². The van der Waals surface area contributed by atoms with Crippen LogP contribution in [0, 0.1) is 0 Å². The molecule has 10 heavy (non-hydrogen) atoms. The number of rotatable bonds is 0. The highest BCUT2D eigenvalue weighted by Crippen LogP contribution is 2.22. The van der Waals surface area contributed by atoms with Gasteiger partial charge in [-0.3, -0.25) is 0 Å². The Bertz CT molecular complexity index is 351. The molecular formula is C8H6OS. The fourth-order valence-electron chi connectivity index (χ4n) is 0.964. The zero-order valence-corrected chi connectivity index (χ0v) is 6.14. The van der Waals surface area contributed by atoms with E-state index >= 15 is 0 Å². The Labute approximate surface area is 64.1 Å². The Kier molecular flexibility index (Phi) is 1.21. The lowest BCUT2D eigenvalue weighted by molar-refractivity contribution is 0.608. The van der Waals surface area contributed by atoms with E-state index in [1.165, 1.54) is 0 Å². The van der Waals surface area contributed by atoms with Crippen molar-refractivity contribution in [1.82, 2.24) is 0 Å². The molecule has 50 valence electrons.